The Balaban J connectivity index is 2.56. The Labute approximate surface area is 107 Å². The largest absolute Gasteiger partial charge is 0.0839 e. The van der Waals surface area contributed by atoms with Crippen LogP contribution in [0.3, 0.4) is 0 Å². The van der Waals surface area contributed by atoms with Crippen LogP contribution < -0.4 is 0 Å². The van der Waals surface area contributed by atoms with Gasteiger partial charge in [-0.3, -0.25) is 0 Å². The zero-order valence-electron chi connectivity index (χ0n) is 11.8. The van der Waals surface area contributed by atoms with Gasteiger partial charge in [0.2, 0.25) is 0 Å². The predicted molar refractivity (Wildman–Crippen MR) is 78.4 cm³/mol. The van der Waals surface area contributed by atoms with Crippen LogP contribution in [0.15, 0.2) is 18.2 Å². The highest BCUT2D eigenvalue weighted by Gasteiger charge is 2.00. The normalized spacial score (nSPS) is 11.3. The van der Waals surface area contributed by atoms with E-state index in [1.165, 1.54) is 54.4 Å². The first kappa shape index (κ1) is 14.0. The molecule has 0 heterocycles. The first-order valence-electron chi connectivity index (χ1n) is 6.90. The summed E-state index contributed by atoms with van der Waals surface area (Å²) in [6.45, 7) is 8.87. The van der Waals surface area contributed by atoms with Gasteiger partial charge in [0.15, 0.2) is 0 Å². The Bertz CT molecular complexity index is 372. The Morgan fingerprint density at radius 1 is 0.941 bits per heavy atom. The first-order chi connectivity index (χ1) is 8.16. The number of aryl methyl sites for hydroxylation is 2. The third-order valence-electron chi connectivity index (χ3n) is 3.51. The van der Waals surface area contributed by atoms with Crippen molar-refractivity contribution in [1.82, 2.24) is 0 Å². The van der Waals surface area contributed by atoms with Gasteiger partial charge in [0, 0.05) is 0 Å². The molecule has 0 atom stereocenters. The summed E-state index contributed by atoms with van der Waals surface area (Å²) in [5.74, 6) is 0. The fourth-order valence-corrected chi connectivity index (χ4v) is 2.12. The van der Waals surface area contributed by atoms with Gasteiger partial charge in [-0.15, -0.1) is 0 Å². The molecule has 0 aliphatic heterocycles. The van der Waals surface area contributed by atoms with Crippen molar-refractivity contribution in [2.24, 2.45) is 0 Å². The average molecular weight is 230 g/mol. The Hall–Kier alpha value is -1.04. The molecule has 94 valence electrons. The minimum absolute atomic E-state index is 1.22. The monoisotopic (exact) mass is 230 g/mol. The molecular formula is C17H26. The van der Waals surface area contributed by atoms with Crippen LogP contribution in [0.2, 0.25) is 0 Å². The first-order valence-corrected chi connectivity index (χ1v) is 6.90. The van der Waals surface area contributed by atoms with Gasteiger partial charge < -0.3 is 0 Å². The summed E-state index contributed by atoms with van der Waals surface area (Å²) in [4.78, 5) is 0. The molecule has 0 unspecified atom stereocenters. The van der Waals surface area contributed by atoms with Gasteiger partial charge >= 0.3 is 0 Å². The van der Waals surface area contributed by atoms with Crippen LogP contribution >= 0.6 is 0 Å². The lowest BCUT2D eigenvalue weighted by Crippen LogP contribution is -1.89. The molecule has 0 aliphatic rings. The molecule has 0 aliphatic carbocycles. The molecule has 0 saturated carbocycles. The molecule has 0 spiro atoms. The predicted octanol–water partition coefficient (Wildman–Crippen LogP) is 5.60. The Kier molecular flexibility index (Phi) is 6.04. The molecule has 0 bridgehead atoms. The van der Waals surface area contributed by atoms with Crippen molar-refractivity contribution in [3.63, 3.8) is 0 Å². The lowest BCUT2D eigenvalue weighted by atomic mass is 9.98. The van der Waals surface area contributed by atoms with E-state index < -0.39 is 0 Å². The van der Waals surface area contributed by atoms with Crippen molar-refractivity contribution in [3.8, 4) is 0 Å². The van der Waals surface area contributed by atoms with E-state index in [0.717, 1.165) is 0 Å². The number of benzene rings is 1. The summed E-state index contributed by atoms with van der Waals surface area (Å²) < 4.78 is 0. The zero-order chi connectivity index (χ0) is 12.7. The van der Waals surface area contributed by atoms with E-state index in [0.29, 0.717) is 0 Å². The number of allylic oxidation sites excluding steroid dienone is 1. The highest BCUT2D eigenvalue weighted by Crippen LogP contribution is 2.19. The molecule has 0 fully saturated rings. The van der Waals surface area contributed by atoms with Crippen molar-refractivity contribution >= 4 is 6.08 Å². The van der Waals surface area contributed by atoms with Crippen molar-refractivity contribution < 1.29 is 0 Å². The van der Waals surface area contributed by atoms with Crippen LogP contribution in [0.25, 0.3) is 6.08 Å². The molecule has 1 aromatic rings. The molecule has 0 aromatic heterocycles. The highest BCUT2D eigenvalue weighted by atomic mass is 14.1. The van der Waals surface area contributed by atoms with Gasteiger partial charge in [-0.25, -0.2) is 0 Å². The number of hydrogen-bond acceptors (Lipinski definition) is 0. The lowest BCUT2D eigenvalue weighted by Gasteiger charge is -2.08. The molecule has 1 rings (SSSR count). The van der Waals surface area contributed by atoms with E-state index in [4.69, 9.17) is 0 Å². The minimum atomic E-state index is 1.22. The SMILES string of the molecule is CCCCCCC=Cc1c(C)ccc(C)c1C. The van der Waals surface area contributed by atoms with E-state index in [9.17, 15) is 0 Å². The summed E-state index contributed by atoms with van der Waals surface area (Å²) in [6.07, 6.45) is 11.2. The van der Waals surface area contributed by atoms with Crippen LogP contribution in [-0.2, 0) is 0 Å². The van der Waals surface area contributed by atoms with Gasteiger partial charge in [-0.2, -0.15) is 0 Å². The second-order valence-electron chi connectivity index (χ2n) is 4.99. The van der Waals surface area contributed by atoms with E-state index in [1.54, 1.807) is 0 Å². The molecule has 0 amide bonds. The second-order valence-corrected chi connectivity index (χ2v) is 4.99. The minimum Gasteiger partial charge on any atom is -0.0839 e. The third kappa shape index (κ3) is 4.38. The highest BCUT2D eigenvalue weighted by molar-refractivity contribution is 5.59. The van der Waals surface area contributed by atoms with Crippen LogP contribution in [-0.4, -0.2) is 0 Å². The number of hydrogen-bond donors (Lipinski definition) is 0. The smallest absolute Gasteiger partial charge is 0.0199 e. The fraction of sp³-hybridized carbons (Fsp3) is 0.529. The van der Waals surface area contributed by atoms with E-state index in [1.807, 2.05) is 0 Å². The average Bonchev–Trinajstić information content (AvgIpc) is 2.32. The number of rotatable bonds is 6. The quantitative estimate of drug-likeness (QED) is 0.558. The van der Waals surface area contributed by atoms with Gasteiger partial charge in [0.1, 0.15) is 0 Å². The molecular weight excluding hydrogens is 204 g/mol. The van der Waals surface area contributed by atoms with Crippen LogP contribution in [0, 0.1) is 20.8 Å². The molecule has 0 nitrogen and oxygen atoms in total. The summed E-state index contributed by atoms with van der Waals surface area (Å²) in [6, 6.07) is 4.43. The standard InChI is InChI=1S/C17H26/c1-5-6-7-8-9-10-11-17-15(3)13-12-14(2)16(17)4/h10-13H,5-9H2,1-4H3. The molecule has 0 saturated heterocycles. The van der Waals surface area contributed by atoms with Gasteiger partial charge in [-0.05, 0) is 55.9 Å². The third-order valence-corrected chi connectivity index (χ3v) is 3.51. The maximum absolute atomic E-state index is 2.34. The van der Waals surface area contributed by atoms with Crippen LogP contribution in [0.1, 0.15) is 61.3 Å². The molecule has 0 N–H and O–H groups in total. The van der Waals surface area contributed by atoms with Crippen molar-refractivity contribution in [3.05, 3.63) is 40.5 Å². The van der Waals surface area contributed by atoms with E-state index >= 15 is 0 Å². The topological polar surface area (TPSA) is 0 Å². The Morgan fingerprint density at radius 2 is 1.65 bits per heavy atom. The molecule has 1 aromatic carbocycles. The van der Waals surface area contributed by atoms with Gasteiger partial charge in [0.25, 0.3) is 0 Å². The summed E-state index contributed by atoms with van der Waals surface area (Å²) in [5.41, 5.74) is 5.62. The van der Waals surface area contributed by atoms with Crippen LogP contribution in [0.4, 0.5) is 0 Å². The summed E-state index contributed by atoms with van der Waals surface area (Å²) in [5, 5.41) is 0. The summed E-state index contributed by atoms with van der Waals surface area (Å²) >= 11 is 0. The molecule has 0 heteroatoms. The number of unbranched alkanes of at least 4 members (excludes halogenated alkanes) is 4. The van der Waals surface area contributed by atoms with Crippen LogP contribution in [0.5, 0.6) is 0 Å². The van der Waals surface area contributed by atoms with Crippen molar-refractivity contribution in [2.45, 2.75) is 59.8 Å². The maximum atomic E-state index is 2.34. The fourth-order valence-electron chi connectivity index (χ4n) is 2.12. The maximum Gasteiger partial charge on any atom is -0.0199 e. The second kappa shape index (κ2) is 7.32. The van der Waals surface area contributed by atoms with Gasteiger partial charge in [-0.1, -0.05) is 50.5 Å². The van der Waals surface area contributed by atoms with Crippen molar-refractivity contribution in [1.29, 1.82) is 0 Å². The lowest BCUT2D eigenvalue weighted by molar-refractivity contribution is 0.675. The van der Waals surface area contributed by atoms with Crippen molar-refractivity contribution in [2.75, 3.05) is 0 Å². The summed E-state index contributed by atoms with van der Waals surface area (Å²) in [7, 11) is 0. The van der Waals surface area contributed by atoms with E-state index in [-0.39, 0.29) is 0 Å². The van der Waals surface area contributed by atoms with E-state index in [2.05, 4.69) is 52.0 Å². The van der Waals surface area contributed by atoms with Gasteiger partial charge in [0.05, 0.1) is 0 Å². The molecule has 17 heavy (non-hydrogen) atoms. The Morgan fingerprint density at radius 3 is 2.35 bits per heavy atom. The zero-order valence-corrected chi connectivity index (χ0v) is 11.8. The molecule has 0 radical (unpaired) electrons.